The molecule has 1 fully saturated rings. The number of carboxylic acid groups (broad SMARTS) is 1. The SMILES string of the molecule is CC1CCOC1C(=O)N1c2ccccc2CC1C(=O)O. The van der Waals surface area contributed by atoms with E-state index in [-0.39, 0.29) is 11.8 Å². The largest absolute Gasteiger partial charge is 0.480 e. The number of benzene rings is 1. The van der Waals surface area contributed by atoms with E-state index in [1.165, 1.54) is 4.90 Å². The van der Waals surface area contributed by atoms with Gasteiger partial charge in [0, 0.05) is 18.7 Å². The number of anilines is 1. The fraction of sp³-hybridized carbons (Fsp3) is 0.467. The quantitative estimate of drug-likeness (QED) is 0.887. The number of hydrogen-bond donors (Lipinski definition) is 1. The van der Waals surface area contributed by atoms with Gasteiger partial charge in [-0.1, -0.05) is 25.1 Å². The zero-order chi connectivity index (χ0) is 14.3. The van der Waals surface area contributed by atoms with E-state index in [1.807, 2.05) is 25.1 Å². The second-order valence-corrected chi connectivity index (χ2v) is 5.45. The van der Waals surface area contributed by atoms with Crippen LogP contribution in [0.4, 0.5) is 5.69 Å². The van der Waals surface area contributed by atoms with E-state index in [0.717, 1.165) is 12.0 Å². The molecule has 1 saturated heterocycles. The summed E-state index contributed by atoms with van der Waals surface area (Å²) in [5.41, 5.74) is 1.60. The van der Waals surface area contributed by atoms with Crippen molar-refractivity contribution in [1.82, 2.24) is 0 Å². The highest BCUT2D eigenvalue weighted by Crippen LogP contribution is 2.34. The van der Waals surface area contributed by atoms with Crippen molar-refractivity contribution >= 4 is 17.6 Å². The van der Waals surface area contributed by atoms with Gasteiger partial charge in [-0.3, -0.25) is 9.69 Å². The Hall–Kier alpha value is -1.88. The summed E-state index contributed by atoms with van der Waals surface area (Å²) in [5.74, 6) is -1.07. The molecule has 0 bridgehead atoms. The van der Waals surface area contributed by atoms with E-state index < -0.39 is 18.1 Å². The Kier molecular flexibility index (Phi) is 3.22. The van der Waals surface area contributed by atoms with E-state index in [2.05, 4.69) is 0 Å². The van der Waals surface area contributed by atoms with Crippen molar-refractivity contribution in [2.24, 2.45) is 5.92 Å². The molecule has 3 atom stereocenters. The van der Waals surface area contributed by atoms with Gasteiger partial charge in [0.1, 0.15) is 12.1 Å². The maximum atomic E-state index is 12.7. The van der Waals surface area contributed by atoms with Crippen molar-refractivity contribution in [3.8, 4) is 0 Å². The molecule has 5 heteroatoms. The van der Waals surface area contributed by atoms with Gasteiger partial charge >= 0.3 is 5.97 Å². The van der Waals surface area contributed by atoms with Gasteiger partial charge in [-0.2, -0.15) is 0 Å². The summed E-state index contributed by atoms with van der Waals surface area (Å²) < 4.78 is 5.50. The van der Waals surface area contributed by atoms with Gasteiger partial charge in [-0.05, 0) is 24.0 Å². The molecule has 106 valence electrons. The average molecular weight is 275 g/mol. The van der Waals surface area contributed by atoms with Crippen LogP contribution in [0.15, 0.2) is 24.3 Å². The number of ether oxygens (including phenoxy) is 1. The molecule has 2 aliphatic heterocycles. The van der Waals surface area contributed by atoms with Crippen LogP contribution in [0, 0.1) is 5.92 Å². The fourth-order valence-corrected chi connectivity index (χ4v) is 3.00. The number of carboxylic acids is 1. The first-order valence-electron chi connectivity index (χ1n) is 6.85. The fourth-order valence-electron chi connectivity index (χ4n) is 3.00. The molecule has 1 aromatic carbocycles. The van der Waals surface area contributed by atoms with Crippen LogP contribution in [0.2, 0.25) is 0 Å². The van der Waals surface area contributed by atoms with Gasteiger partial charge in [0.15, 0.2) is 0 Å². The first-order valence-corrected chi connectivity index (χ1v) is 6.85. The Bertz CT molecular complexity index is 557. The van der Waals surface area contributed by atoms with Crippen molar-refractivity contribution in [3.63, 3.8) is 0 Å². The second kappa shape index (κ2) is 4.90. The minimum atomic E-state index is -0.972. The van der Waals surface area contributed by atoms with Crippen LogP contribution in [0.25, 0.3) is 0 Å². The maximum absolute atomic E-state index is 12.7. The topological polar surface area (TPSA) is 66.8 Å². The molecule has 1 amide bonds. The molecule has 3 rings (SSSR count). The second-order valence-electron chi connectivity index (χ2n) is 5.45. The number of aliphatic carboxylic acids is 1. The average Bonchev–Trinajstić information content (AvgIpc) is 3.01. The molecule has 2 heterocycles. The number of carbonyl (C=O) groups is 2. The third-order valence-corrected chi connectivity index (χ3v) is 4.13. The normalized spacial score (nSPS) is 28.4. The number of hydrogen-bond acceptors (Lipinski definition) is 3. The lowest BCUT2D eigenvalue weighted by Gasteiger charge is -2.26. The van der Waals surface area contributed by atoms with Crippen molar-refractivity contribution < 1.29 is 19.4 Å². The summed E-state index contributed by atoms with van der Waals surface area (Å²) in [6.45, 7) is 2.53. The zero-order valence-electron chi connectivity index (χ0n) is 11.3. The minimum Gasteiger partial charge on any atom is -0.480 e. The van der Waals surface area contributed by atoms with E-state index in [4.69, 9.17) is 4.74 Å². The van der Waals surface area contributed by atoms with Gasteiger partial charge in [-0.15, -0.1) is 0 Å². The van der Waals surface area contributed by atoms with Crippen molar-refractivity contribution in [2.45, 2.75) is 31.9 Å². The number of para-hydroxylation sites is 1. The summed E-state index contributed by atoms with van der Waals surface area (Å²) in [4.78, 5) is 25.5. The molecule has 20 heavy (non-hydrogen) atoms. The lowest BCUT2D eigenvalue weighted by atomic mass is 10.0. The molecule has 1 aromatic rings. The molecule has 2 aliphatic rings. The van der Waals surface area contributed by atoms with Crippen LogP contribution in [-0.2, 0) is 20.7 Å². The lowest BCUT2D eigenvalue weighted by molar-refractivity contribution is -0.141. The molecular formula is C15H17NO4. The minimum absolute atomic E-state index is 0.129. The predicted octanol–water partition coefficient (Wildman–Crippen LogP) is 1.45. The number of nitrogens with zero attached hydrogens (tertiary/aromatic N) is 1. The molecular weight excluding hydrogens is 258 g/mol. The van der Waals surface area contributed by atoms with Crippen LogP contribution < -0.4 is 4.90 Å². The summed E-state index contributed by atoms with van der Waals surface area (Å²) in [6.07, 6.45) is 0.671. The van der Waals surface area contributed by atoms with Crippen molar-refractivity contribution in [1.29, 1.82) is 0 Å². The molecule has 3 unspecified atom stereocenters. The summed E-state index contributed by atoms with van der Waals surface area (Å²) >= 11 is 0. The lowest BCUT2D eigenvalue weighted by Crippen LogP contribution is -2.48. The Morgan fingerprint density at radius 3 is 2.75 bits per heavy atom. The summed E-state index contributed by atoms with van der Waals surface area (Å²) in [7, 11) is 0. The van der Waals surface area contributed by atoms with Crippen LogP contribution >= 0.6 is 0 Å². The van der Waals surface area contributed by atoms with Crippen LogP contribution in [0.3, 0.4) is 0 Å². The zero-order valence-corrected chi connectivity index (χ0v) is 11.3. The van der Waals surface area contributed by atoms with E-state index >= 15 is 0 Å². The van der Waals surface area contributed by atoms with E-state index in [9.17, 15) is 14.7 Å². The smallest absolute Gasteiger partial charge is 0.327 e. The molecule has 0 aromatic heterocycles. The highest BCUT2D eigenvalue weighted by atomic mass is 16.5. The summed E-state index contributed by atoms with van der Waals surface area (Å²) in [5, 5.41) is 9.38. The number of fused-ring (bicyclic) bond motifs is 1. The van der Waals surface area contributed by atoms with Crippen molar-refractivity contribution in [3.05, 3.63) is 29.8 Å². The third-order valence-electron chi connectivity index (χ3n) is 4.13. The third kappa shape index (κ3) is 1.98. The van der Waals surface area contributed by atoms with E-state index in [0.29, 0.717) is 18.7 Å². The number of carbonyl (C=O) groups excluding carboxylic acids is 1. The van der Waals surface area contributed by atoms with Gasteiger partial charge < -0.3 is 9.84 Å². The Morgan fingerprint density at radius 2 is 2.10 bits per heavy atom. The molecule has 1 N–H and O–H groups in total. The number of rotatable bonds is 2. The van der Waals surface area contributed by atoms with E-state index in [1.54, 1.807) is 6.07 Å². The maximum Gasteiger partial charge on any atom is 0.327 e. The monoisotopic (exact) mass is 275 g/mol. The van der Waals surface area contributed by atoms with Gasteiger partial charge in [-0.25, -0.2) is 4.79 Å². The molecule has 5 nitrogen and oxygen atoms in total. The Morgan fingerprint density at radius 1 is 1.35 bits per heavy atom. The highest BCUT2D eigenvalue weighted by molar-refractivity contribution is 6.04. The number of amides is 1. The standard InChI is InChI=1S/C15H17NO4/c1-9-6-7-20-13(9)14(17)16-11-5-3-2-4-10(11)8-12(16)15(18)19/h2-5,9,12-13H,6-8H2,1H3,(H,18,19). The Balaban J connectivity index is 1.96. The van der Waals surface area contributed by atoms with Crippen molar-refractivity contribution in [2.75, 3.05) is 11.5 Å². The van der Waals surface area contributed by atoms with Crippen LogP contribution in [0.1, 0.15) is 18.9 Å². The Labute approximate surface area is 117 Å². The molecule has 0 aliphatic carbocycles. The van der Waals surface area contributed by atoms with Gasteiger partial charge in [0.2, 0.25) is 0 Å². The first-order chi connectivity index (χ1) is 9.59. The van der Waals surface area contributed by atoms with Gasteiger partial charge in [0.05, 0.1) is 0 Å². The molecule has 0 spiro atoms. The van der Waals surface area contributed by atoms with Gasteiger partial charge in [0.25, 0.3) is 5.91 Å². The molecule has 0 saturated carbocycles. The first kappa shape index (κ1) is 13.1. The van der Waals surface area contributed by atoms with Crippen LogP contribution in [0.5, 0.6) is 0 Å². The highest BCUT2D eigenvalue weighted by Gasteiger charge is 2.43. The predicted molar refractivity (Wildman–Crippen MR) is 72.6 cm³/mol. The summed E-state index contributed by atoms with van der Waals surface area (Å²) in [6, 6.07) is 6.53. The molecule has 0 radical (unpaired) electrons. The van der Waals surface area contributed by atoms with Crippen LogP contribution in [-0.4, -0.2) is 35.7 Å².